The number of hydrogen-bond acceptors (Lipinski definition) is 7. The molecule has 0 saturated heterocycles. The van der Waals surface area contributed by atoms with Gasteiger partial charge < -0.3 is 31.8 Å². The number of rotatable bonds is 15. The predicted molar refractivity (Wildman–Crippen MR) is 145 cm³/mol. The molecule has 2 aromatic rings. The Morgan fingerprint density at radius 3 is 2.08 bits per heavy atom. The number of fused-ring (bicyclic) bond motifs is 1. The molecule has 4 atom stereocenters. The number of carboxylic acids is 1. The first-order chi connectivity index (χ1) is 17.2. The molecule has 1 heterocycles. The van der Waals surface area contributed by atoms with E-state index < -0.39 is 47.9 Å². The second kappa shape index (κ2) is 14.8. The summed E-state index contributed by atoms with van der Waals surface area (Å²) in [4.78, 5) is 53.5. The average molecular weight is 538 g/mol. The van der Waals surface area contributed by atoms with Crippen LogP contribution < -0.4 is 21.7 Å². The van der Waals surface area contributed by atoms with Crippen LogP contribution in [0.15, 0.2) is 30.5 Å². The van der Waals surface area contributed by atoms with Gasteiger partial charge in [-0.05, 0) is 55.4 Å². The first-order valence-corrected chi connectivity index (χ1v) is 14.4. The van der Waals surface area contributed by atoms with Gasteiger partial charge in [0.05, 0.1) is 6.04 Å². The minimum atomic E-state index is -1.13. The van der Waals surface area contributed by atoms with Crippen LogP contribution in [0.4, 0.5) is 0 Å². The third-order valence-electron chi connectivity index (χ3n) is 5.61. The topological polar surface area (TPSA) is 166 Å². The van der Waals surface area contributed by atoms with Crippen molar-refractivity contribution in [1.29, 1.82) is 0 Å². The smallest absolute Gasteiger partial charge is 0.326 e. The fourth-order valence-corrected chi connectivity index (χ4v) is 4.52. The standard InChI is InChI=1S/C24H35N5O5S2/c1-14(25)21(30)29-20(12-15-13-26-17-7-5-4-6-16(15)17)23(32)27-18(8-10-35-2)22(31)28-19(24(33)34)9-11-36-3/h4-7,13-14,18-20,26H,8-12,25H2,1-3H3,(H,27,32)(H,28,31)(H,29,30)(H,33,34). The van der Waals surface area contributed by atoms with Crippen LogP contribution in [0.2, 0.25) is 0 Å². The van der Waals surface area contributed by atoms with E-state index in [0.29, 0.717) is 17.9 Å². The van der Waals surface area contributed by atoms with E-state index in [1.54, 1.807) is 6.20 Å². The highest BCUT2D eigenvalue weighted by Crippen LogP contribution is 2.19. The van der Waals surface area contributed by atoms with Crippen molar-refractivity contribution in [1.82, 2.24) is 20.9 Å². The lowest BCUT2D eigenvalue weighted by Crippen LogP contribution is -2.57. The first kappa shape index (κ1) is 29.5. The lowest BCUT2D eigenvalue weighted by molar-refractivity contribution is -0.142. The van der Waals surface area contributed by atoms with Gasteiger partial charge in [-0.2, -0.15) is 23.5 Å². The maximum atomic E-state index is 13.4. The summed E-state index contributed by atoms with van der Waals surface area (Å²) in [6.45, 7) is 1.52. The Labute approximate surface area is 219 Å². The van der Waals surface area contributed by atoms with Gasteiger partial charge in [0.2, 0.25) is 17.7 Å². The van der Waals surface area contributed by atoms with Gasteiger partial charge in [-0.1, -0.05) is 18.2 Å². The average Bonchev–Trinajstić information content (AvgIpc) is 3.26. The molecule has 10 nitrogen and oxygen atoms in total. The van der Waals surface area contributed by atoms with Gasteiger partial charge in [-0.3, -0.25) is 14.4 Å². The molecule has 7 N–H and O–H groups in total. The van der Waals surface area contributed by atoms with E-state index in [1.165, 1.54) is 30.4 Å². The number of carboxylic acid groups (broad SMARTS) is 1. The van der Waals surface area contributed by atoms with E-state index in [9.17, 15) is 24.3 Å². The van der Waals surface area contributed by atoms with Gasteiger partial charge >= 0.3 is 5.97 Å². The van der Waals surface area contributed by atoms with Crippen molar-refractivity contribution in [2.75, 3.05) is 24.0 Å². The van der Waals surface area contributed by atoms with E-state index in [1.807, 2.05) is 36.8 Å². The van der Waals surface area contributed by atoms with Crippen LogP contribution in [-0.2, 0) is 25.6 Å². The van der Waals surface area contributed by atoms with Crippen molar-refractivity contribution >= 4 is 58.1 Å². The summed E-state index contributed by atoms with van der Waals surface area (Å²) >= 11 is 2.98. The van der Waals surface area contributed by atoms with Crippen LogP contribution >= 0.6 is 23.5 Å². The summed E-state index contributed by atoms with van der Waals surface area (Å²) in [6, 6.07) is 3.77. The molecule has 0 spiro atoms. The number of aliphatic carboxylic acids is 1. The van der Waals surface area contributed by atoms with E-state index >= 15 is 0 Å². The summed E-state index contributed by atoms with van der Waals surface area (Å²) in [5.74, 6) is -1.62. The molecule has 0 aliphatic rings. The molecule has 12 heteroatoms. The summed E-state index contributed by atoms with van der Waals surface area (Å²) in [5, 5.41) is 18.4. The van der Waals surface area contributed by atoms with Gasteiger partial charge in [0, 0.05) is 23.5 Å². The highest BCUT2D eigenvalue weighted by molar-refractivity contribution is 7.98. The molecule has 4 unspecified atom stereocenters. The Morgan fingerprint density at radius 1 is 0.917 bits per heavy atom. The summed E-state index contributed by atoms with van der Waals surface area (Å²) in [5.41, 5.74) is 7.43. The number of nitrogens with two attached hydrogens (primary N) is 1. The number of thioether (sulfide) groups is 2. The number of amides is 3. The Hall–Kier alpha value is -2.70. The molecule has 198 valence electrons. The molecule has 1 aromatic carbocycles. The Bertz CT molecular complexity index is 1040. The molecule has 0 saturated carbocycles. The lowest BCUT2D eigenvalue weighted by atomic mass is 10.0. The third kappa shape index (κ3) is 8.75. The Morgan fingerprint density at radius 2 is 1.47 bits per heavy atom. The van der Waals surface area contributed by atoms with Crippen LogP contribution in [0.5, 0.6) is 0 Å². The van der Waals surface area contributed by atoms with Crippen molar-refractivity contribution in [2.24, 2.45) is 5.73 Å². The van der Waals surface area contributed by atoms with Crippen molar-refractivity contribution in [3.05, 3.63) is 36.0 Å². The number of carbonyl (C=O) groups is 4. The monoisotopic (exact) mass is 537 g/mol. The number of nitrogens with one attached hydrogen (secondary N) is 4. The molecule has 1 aromatic heterocycles. The fourth-order valence-electron chi connectivity index (χ4n) is 3.58. The SMILES string of the molecule is CSCCC(NC(=O)C(CCSC)NC(=O)C(Cc1c[nH]c2ccccc12)NC(=O)C(C)N)C(=O)O. The Balaban J connectivity index is 2.23. The van der Waals surface area contributed by atoms with Gasteiger partial charge in [0.15, 0.2) is 0 Å². The molecule has 3 amide bonds. The highest BCUT2D eigenvalue weighted by Gasteiger charge is 2.30. The van der Waals surface area contributed by atoms with E-state index in [2.05, 4.69) is 20.9 Å². The molecule has 0 radical (unpaired) electrons. The molecule has 0 aliphatic carbocycles. The van der Waals surface area contributed by atoms with Crippen molar-refractivity contribution < 1.29 is 24.3 Å². The largest absolute Gasteiger partial charge is 0.480 e. The number of para-hydroxylation sites is 1. The zero-order valence-electron chi connectivity index (χ0n) is 20.7. The number of benzene rings is 1. The lowest BCUT2D eigenvalue weighted by Gasteiger charge is -2.25. The number of carbonyl (C=O) groups excluding carboxylic acids is 3. The second-order valence-electron chi connectivity index (χ2n) is 8.44. The van der Waals surface area contributed by atoms with Crippen molar-refractivity contribution in [3.63, 3.8) is 0 Å². The highest BCUT2D eigenvalue weighted by atomic mass is 32.2. The molecule has 2 rings (SSSR count). The van der Waals surface area contributed by atoms with Gasteiger partial charge in [0.1, 0.15) is 18.1 Å². The molecule has 0 bridgehead atoms. The van der Waals surface area contributed by atoms with E-state index in [0.717, 1.165) is 16.5 Å². The van der Waals surface area contributed by atoms with Crippen LogP contribution in [0.1, 0.15) is 25.3 Å². The van der Waals surface area contributed by atoms with Gasteiger partial charge in [0.25, 0.3) is 0 Å². The van der Waals surface area contributed by atoms with Crippen LogP contribution in [0.25, 0.3) is 10.9 Å². The zero-order valence-corrected chi connectivity index (χ0v) is 22.3. The molecule has 0 aliphatic heterocycles. The van der Waals surface area contributed by atoms with Crippen LogP contribution in [0, 0.1) is 0 Å². The molecular formula is C24H35N5O5S2. The maximum absolute atomic E-state index is 13.4. The number of aromatic nitrogens is 1. The van der Waals surface area contributed by atoms with E-state index in [-0.39, 0.29) is 12.8 Å². The van der Waals surface area contributed by atoms with Gasteiger partial charge in [-0.25, -0.2) is 4.79 Å². The number of hydrogen-bond donors (Lipinski definition) is 6. The number of H-pyrrole nitrogens is 1. The summed E-state index contributed by atoms with van der Waals surface area (Å²) in [7, 11) is 0. The zero-order chi connectivity index (χ0) is 26.7. The van der Waals surface area contributed by atoms with Gasteiger partial charge in [-0.15, -0.1) is 0 Å². The normalized spacial score (nSPS) is 14.4. The quantitative estimate of drug-likeness (QED) is 0.196. The molecule has 0 fully saturated rings. The molecular weight excluding hydrogens is 502 g/mol. The minimum Gasteiger partial charge on any atom is -0.480 e. The van der Waals surface area contributed by atoms with Crippen LogP contribution in [-0.4, -0.2) is 82.0 Å². The summed E-state index contributed by atoms with van der Waals surface area (Å²) in [6.07, 6.45) is 6.25. The third-order valence-corrected chi connectivity index (χ3v) is 6.90. The minimum absolute atomic E-state index is 0.177. The fraction of sp³-hybridized carbons (Fsp3) is 0.500. The predicted octanol–water partition coefficient (Wildman–Crippen LogP) is 1.10. The number of aromatic amines is 1. The summed E-state index contributed by atoms with van der Waals surface area (Å²) < 4.78 is 0. The van der Waals surface area contributed by atoms with Crippen molar-refractivity contribution in [3.8, 4) is 0 Å². The van der Waals surface area contributed by atoms with E-state index in [4.69, 9.17) is 5.73 Å². The Kier molecular flexibility index (Phi) is 12.1. The first-order valence-electron chi connectivity index (χ1n) is 11.6. The van der Waals surface area contributed by atoms with Crippen molar-refractivity contribution in [2.45, 2.75) is 50.4 Å². The maximum Gasteiger partial charge on any atom is 0.326 e. The second-order valence-corrected chi connectivity index (χ2v) is 10.4. The molecule has 36 heavy (non-hydrogen) atoms. The van der Waals surface area contributed by atoms with Crippen LogP contribution in [0.3, 0.4) is 0 Å².